The van der Waals surface area contributed by atoms with Crippen molar-refractivity contribution in [1.29, 1.82) is 0 Å². The van der Waals surface area contributed by atoms with E-state index in [1.54, 1.807) is 12.1 Å². The van der Waals surface area contributed by atoms with Gasteiger partial charge >= 0.3 is 0 Å². The Hall–Kier alpha value is -3.02. The highest BCUT2D eigenvalue weighted by atomic mass is 16.5. The van der Waals surface area contributed by atoms with Crippen LogP contribution in [0.1, 0.15) is 29.8 Å². The second-order valence-electron chi connectivity index (χ2n) is 6.76. The molecule has 1 aromatic carbocycles. The molecule has 1 aliphatic heterocycles. The lowest BCUT2D eigenvalue weighted by Gasteiger charge is -2.11. The summed E-state index contributed by atoms with van der Waals surface area (Å²) in [5.74, 6) is 0.118. The van der Waals surface area contributed by atoms with Crippen LogP contribution in [0, 0.1) is 5.41 Å². The maximum atomic E-state index is 12.5. The third-order valence-corrected chi connectivity index (χ3v) is 4.04. The number of rotatable bonds is 4. The summed E-state index contributed by atoms with van der Waals surface area (Å²) in [6.07, 6.45) is 3.71. The van der Waals surface area contributed by atoms with Crippen LogP contribution >= 0.6 is 0 Å². The number of anilines is 2. The standard InChI is InChI=1S/C19H22N4O2/c1-19(2)9-16(22-11-19)12-5-4-6-13(7-12)17(24)23-14-8-15(20)18(25-3)21-10-14/h4-10,22H,11,20H2,1-3H3,(H,23,24). The lowest BCUT2D eigenvalue weighted by atomic mass is 9.95. The topological polar surface area (TPSA) is 89.3 Å². The number of methoxy groups -OCH3 is 1. The molecule has 2 aromatic rings. The summed E-state index contributed by atoms with van der Waals surface area (Å²) in [6.45, 7) is 5.23. The Kier molecular flexibility index (Phi) is 4.35. The van der Waals surface area contributed by atoms with Gasteiger partial charge in [0, 0.05) is 23.2 Å². The first kappa shape index (κ1) is 16.8. The molecule has 2 heterocycles. The molecule has 0 unspecified atom stereocenters. The molecule has 6 heteroatoms. The Labute approximate surface area is 147 Å². The van der Waals surface area contributed by atoms with Gasteiger partial charge < -0.3 is 21.1 Å². The van der Waals surface area contributed by atoms with Crippen molar-refractivity contribution in [2.24, 2.45) is 5.41 Å². The van der Waals surface area contributed by atoms with E-state index in [1.807, 2.05) is 18.2 Å². The van der Waals surface area contributed by atoms with Crippen molar-refractivity contribution in [2.45, 2.75) is 13.8 Å². The van der Waals surface area contributed by atoms with E-state index in [1.165, 1.54) is 13.3 Å². The number of amides is 1. The van der Waals surface area contributed by atoms with Crippen molar-refractivity contribution in [3.63, 3.8) is 0 Å². The fourth-order valence-corrected chi connectivity index (χ4v) is 2.74. The predicted molar refractivity (Wildman–Crippen MR) is 99.4 cm³/mol. The first-order valence-electron chi connectivity index (χ1n) is 8.06. The van der Waals surface area contributed by atoms with Crippen LogP contribution in [0.25, 0.3) is 5.70 Å². The van der Waals surface area contributed by atoms with Crippen LogP contribution in [0.5, 0.6) is 5.88 Å². The Balaban J connectivity index is 1.79. The largest absolute Gasteiger partial charge is 0.480 e. The average Bonchev–Trinajstić information content (AvgIpc) is 2.95. The van der Waals surface area contributed by atoms with E-state index in [4.69, 9.17) is 10.5 Å². The molecular formula is C19H22N4O2. The highest BCUT2D eigenvalue weighted by Crippen LogP contribution is 2.29. The number of ether oxygens (including phenoxy) is 1. The van der Waals surface area contributed by atoms with Crippen LogP contribution in [0.2, 0.25) is 0 Å². The highest BCUT2D eigenvalue weighted by Gasteiger charge is 2.23. The van der Waals surface area contributed by atoms with Gasteiger partial charge in [0.05, 0.1) is 24.7 Å². The highest BCUT2D eigenvalue weighted by molar-refractivity contribution is 6.04. The minimum atomic E-state index is -0.217. The van der Waals surface area contributed by atoms with Crippen LogP contribution in [-0.4, -0.2) is 24.5 Å². The first-order valence-corrected chi connectivity index (χ1v) is 8.06. The number of benzene rings is 1. The molecule has 6 nitrogen and oxygen atoms in total. The summed E-state index contributed by atoms with van der Waals surface area (Å²) in [7, 11) is 1.50. The number of hydrogen-bond acceptors (Lipinski definition) is 5. The molecule has 130 valence electrons. The number of hydrogen-bond donors (Lipinski definition) is 3. The molecule has 0 aliphatic carbocycles. The SMILES string of the molecule is COc1ncc(NC(=O)c2cccc(C3=CC(C)(C)CN3)c2)cc1N. The zero-order valence-corrected chi connectivity index (χ0v) is 14.6. The molecule has 0 spiro atoms. The fourth-order valence-electron chi connectivity index (χ4n) is 2.74. The number of pyridine rings is 1. The van der Waals surface area contributed by atoms with E-state index < -0.39 is 0 Å². The lowest BCUT2D eigenvalue weighted by molar-refractivity contribution is 0.102. The van der Waals surface area contributed by atoms with Gasteiger partial charge in [0.25, 0.3) is 5.91 Å². The third-order valence-electron chi connectivity index (χ3n) is 4.04. The van der Waals surface area contributed by atoms with Crippen molar-refractivity contribution in [2.75, 3.05) is 24.7 Å². The number of carbonyl (C=O) groups is 1. The fraction of sp³-hybridized carbons (Fsp3) is 0.263. The van der Waals surface area contributed by atoms with Crippen molar-refractivity contribution < 1.29 is 9.53 Å². The number of nitrogens with zero attached hydrogens (tertiary/aromatic N) is 1. The molecule has 1 aromatic heterocycles. The van der Waals surface area contributed by atoms with Crippen LogP contribution < -0.4 is 21.1 Å². The maximum Gasteiger partial charge on any atom is 0.255 e. The van der Waals surface area contributed by atoms with Crippen molar-refractivity contribution in [3.8, 4) is 5.88 Å². The van der Waals surface area contributed by atoms with E-state index in [0.717, 1.165) is 17.8 Å². The molecule has 4 N–H and O–H groups in total. The van der Waals surface area contributed by atoms with E-state index >= 15 is 0 Å². The quantitative estimate of drug-likeness (QED) is 0.797. The van der Waals surface area contributed by atoms with Gasteiger partial charge in [-0.15, -0.1) is 0 Å². The molecule has 0 saturated carbocycles. The van der Waals surface area contributed by atoms with Crippen LogP contribution in [0.15, 0.2) is 42.6 Å². The summed E-state index contributed by atoms with van der Waals surface area (Å²) in [4.78, 5) is 16.6. The minimum Gasteiger partial charge on any atom is -0.480 e. The second-order valence-corrected chi connectivity index (χ2v) is 6.76. The monoisotopic (exact) mass is 338 g/mol. The molecular weight excluding hydrogens is 316 g/mol. The second kappa shape index (κ2) is 6.47. The van der Waals surface area contributed by atoms with Crippen molar-refractivity contribution in [1.82, 2.24) is 10.3 Å². The molecule has 1 amide bonds. The zero-order valence-electron chi connectivity index (χ0n) is 14.6. The van der Waals surface area contributed by atoms with Crippen molar-refractivity contribution in [3.05, 3.63) is 53.7 Å². The third kappa shape index (κ3) is 3.74. The predicted octanol–water partition coefficient (Wildman–Crippen LogP) is 2.89. The Bertz CT molecular complexity index is 843. The van der Waals surface area contributed by atoms with Crippen molar-refractivity contribution >= 4 is 23.0 Å². The zero-order chi connectivity index (χ0) is 18.0. The summed E-state index contributed by atoms with van der Waals surface area (Å²) in [5, 5.41) is 6.20. The minimum absolute atomic E-state index is 0.111. The molecule has 3 rings (SSSR count). The Morgan fingerprint density at radius 3 is 2.80 bits per heavy atom. The Morgan fingerprint density at radius 2 is 2.16 bits per heavy atom. The summed E-state index contributed by atoms with van der Waals surface area (Å²) >= 11 is 0. The molecule has 0 saturated heterocycles. The summed E-state index contributed by atoms with van der Waals surface area (Å²) in [6, 6.07) is 9.13. The van der Waals surface area contributed by atoms with Gasteiger partial charge in [0.2, 0.25) is 5.88 Å². The van der Waals surface area contributed by atoms with Crippen LogP contribution in [0.4, 0.5) is 11.4 Å². The summed E-state index contributed by atoms with van der Waals surface area (Å²) < 4.78 is 5.02. The maximum absolute atomic E-state index is 12.5. The van der Waals surface area contributed by atoms with E-state index in [-0.39, 0.29) is 11.3 Å². The summed E-state index contributed by atoms with van der Waals surface area (Å²) in [5.41, 5.74) is 9.44. The lowest BCUT2D eigenvalue weighted by Crippen LogP contribution is -2.17. The molecule has 0 bridgehead atoms. The van der Waals surface area contributed by atoms with Gasteiger partial charge in [-0.2, -0.15) is 0 Å². The van der Waals surface area contributed by atoms with Crippen LogP contribution in [0.3, 0.4) is 0 Å². The number of nitrogen functional groups attached to an aromatic ring is 1. The Morgan fingerprint density at radius 1 is 1.36 bits per heavy atom. The van der Waals surface area contributed by atoms with Gasteiger partial charge in [-0.05, 0) is 23.8 Å². The molecule has 1 aliphatic rings. The number of aromatic nitrogens is 1. The van der Waals surface area contributed by atoms with Gasteiger partial charge in [-0.3, -0.25) is 4.79 Å². The van der Waals surface area contributed by atoms with E-state index in [9.17, 15) is 4.79 Å². The molecule has 0 atom stereocenters. The van der Waals surface area contributed by atoms with E-state index in [0.29, 0.717) is 22.8 Å². The molecule has 25 heavy (non-hydrogen) atoms. The van der Waals surface area contributed by atoms with Gasteiger partial charge in [0.1, 0.15) is 0 Å². The van der Waals surface area contributed by atoms with Gasteiger partial charge in [0.15, 0.2) is 0 Å². The smallest absolute Gasteiger partial charge is 0.255 e. The molecule has 0 fully saturated rings. The number of nitrogens with one attached hydrogen (secondary N) is 2. The first-order chi connectivity index (χ1) is 11.9. The van der Waals surface area contributed by atoms with Crippen LogP contribution in [-0.2, 0) is 0 Å². The normalized spacial score (nSPS) is 15.2. The average molecular weight is 338 g/mol. The van der Waals surface area contributed by atoms with Gasteiger partial charge in [-0.25, -0.2) is 4.98 Å². The molecule has 0 radical (unpaired) electrons. The number of nitrogens with two attached hydrogens (primary N) is 1. The number of carbonyl (C=O) groups excluding carboxylic acids is 1. The van der Waals surface area contributed by atoms with E-state index in [2.05, 4.69) is 35.5 Å². The van der Waals surface area contributed by atoms with Gasteiger partial charge in [-0.1, -0.05) is 32.1 Å².